The lowest BCUT2D eigenvalue weighted by atomic mass is 10.1. The van der Waals surface area contributed by atoms with Crippen LogP contribution in [0.4, 0.5) is 5.82 Å². The molecule has 2 aromatic carbocycles. The normalized spacial score (nSPS) is 10.7. The second-order valence-corrected chi connectivity index (χ2v) is 6.25. The molecule has 1 N–H and O–H groups in total. The first kappa shape index (κ1) is 16.8. The van der Waals surface area contributed by atoms with Gasteiger partial charge in [-0.1, -0.05) is 42.5 Å². The molecule has 2 heterocycles. The Labute approximate surface area is 157 Å². The number of imidazole rings is 1. The Hall–Kier alpha value is -3.60. The molecule has 1 amide bonds. The second kappa shape index (κ2) is 6.96. The molecular weight excluding hydrogens is 338 g/mol. The van der Waals surface area contributed by atoms with Crippen LogP contribution in [0, 0.1) is 6.92 Å². The Bertz CT molecular complexity index is 1120. The topological polar surface area (TPSA) is 55.6 Å². The van der Waals surface area contributed by atoms with E-state index in [4.69, 9.17) is 9.72 Å². The van der Waals surface area contributed by atoms with E-state index in [1.54, 1.807) is 25.3 Å². The number of benzene rings is 2. The van der Waals surface area contributed by atoms with Gasteiger partial charge in [0.2, 0.25) is 0 Å². The van der Waals surface area contributed by atoms with Crippen LogP contribution in [0.25, 0.3) is 16.9 Å². The van der Waals surface area contributed by atoms with Crippen LogP contribution in [0.2, 0.25) is 0 Å². The van der Waals surface area contributed by atoms with Gasteiger partial charge in [-0.25, -0.2) is 4.98 Å². The summed E-state index contributed by atoms with van der Waals surface area (Å²) in [6.45, 7) is 2.00. The van der Waals surface area contributed by atoms with Crippen molar-refractivity contribution in [1.82, 2.24) is 9.38 Å². The molecule has 0 saturated carbocycles. The fourth-order valence-electron chi connectivity index (χ4n) is 3.06. The number of anilines is 1. The number of ether oxygens (including phenoxy) is 1. The van der Waals surface area contributed by atoms with Gasteiger partial charge >= 0.3 is 0 Å². The van der Waals surface area contributed by atoms with Gasteiger partial charge in [0, 0.05) is 17.3 Å². The Morgan fingerprint density at radius 1 is 1.04 bits per heavy atom. The quantitative estimate of drug-likeness (QED) is 0.582. The first-order valence-corrected chi connectivity index (χ1v) is 8.66. The summed E-state index contributed by atoms with van der Waals surface area (Å²) < 4.78 is 7.13. The minimum Gasteiger partial charge on any atom is -0.497 e. The number of methoxy groups -OCH3 is 1. The lowest BCUT2D eigenvalue weighted by molar-refractivity contribution is 0.102. The van der Waals surface area contributed by atoms with Crippen molar-refractivity contribution in [1.29, 1.82) is 0 Å². The van der Waals surface area contributed by atoms with Gasteiger partial charge in [0.1, 0.15) is 22.9 Å². The molecule has 27 heavy (non-hydrogen) atoms. The summed E-state index contributed by atoms with van der Waals surface area (Å²) in [7, 11) is 1.58. The molecule has 4 aromatic rings. The Morgan fingerprint density at radius 3 is 2.63 bits per heavy atom. The molecule has 134 valence electrons. The number of nitrogens with one attached hydrogen (secondary N) is 1. The second-order valence-electron chi connectivity index (χ2n) is 6.25. The van der Waals surface area contributed by atoms with Crippen molar-refractivity contribution < 1.29 is 9.53 Å². The third-order valence-electron chi connectivity index (χ3n) is 4.46. The molecular formula is C22H19N3O2. The summed E-state index contributed by atoms with van der Waals surface area (Å²) in [6.07, 6.45) is 1.91. The average Bonchev–Trinajstić information content (AvgIpc) is 3.08. The van der Waals surface area contributed by atoms with Gasteiger partial charge in [0.25, 0.3) is 5.91 Å². The van der Waals surface area contributed by atoms with E-state index in [1.165, 1.54) is 0 Å². The highest BCUT2D eigenvalue weighted by Crippen LogP contribution is 2.30. The monoisotopic (exact) mass is 357 g/mol. The number of nitrogens with zero attached hydrogens (tertiary/aromatic N) is 2. The zero-order chi connectivity index (χ0) is 18.8. The largest absolute Gasteiger partial charge is 0.497 e. The molecule has 5 nitrogen and oxygen atoms in total. The number of aryl methyl sites for hydroxylation is 1. The zero-order valence-electron chi connectivity index (χ0n) is 15.1. The van der Waals surface area contributed by atoms with Crippen LogP contribution in [-0.2, 0) is 0 Å². The highest BCUT2D eigenvalue weighted by molar-refractivity contribution is 6.06. The Balaban J connectivity index is 1.82. The number of rotatable bonds is 4. The summed E-state index contributed by atoms with van der Waals surface area (Å²) >= 11 is 0. The molecule has 0 aliphatic carbocycles. The first-order chi connectivity index (χ1) is 13.2. The maximum Gasteiger partial charge on any atom is 0.256 e. The molecule has 0 saturated heterocycles. The molecule has 5 heteroatoms. The molecule has 2 aromatic heterocycles. The maximum atomic E-state index is 12.9. The van der Waals surface area contributed by atoms with Gasteiger partial charge in [-0.3, -0.25) is 9.20 Å². The predicted molar refractivity (Wildman–Crippen MR) is 106 cm³/mol. The van der Waals surface area contributed by atoms with Gasteiger partial charge in [-0.05, 0) is 36.8 Å². The number of aromatic nitrogens is 2. The molecule has 0 unspecified atom stereocenters. The zero-order valence-corrected chi connectivity index (χ0v) is 15.1. The number of hydrogen-bond donors (Lipinski definition) is 1. The lowest BCUT2D eigenvalue weighted by Crippen LogP contribution is -2.14. The van der Waals surface area contributed by atoms with Crippen molar-refractivity contribution in [2.45, 2.75) is 6.92 Å². The molecule has 0 radical (unpaired) electrons. The van der Waals surface area contributed by atoms with E-state index in [9.17, 15) is 4.79 Å². The third-order valence-corrected chi connectivity index (χ3v) is 4.46. The van der Waals surface area contributed by atoms with E-state index >= 15 is 0 Å². The Kier molecular flexibility index (Phi) is 4.34. The summed E-state index contributed by atoms with van der Waals surface area (Å²) in [5.74, 6) is 1.07. The number of carbonyl (C=O) groups is 1. The summed E-state index contributed by atoms with van der Waals surface area (Å²) in [5, 5.41) is 3.03. The molecule has 0 atom stereocenters. The smallest absolute Gasteiger partial charge is 0.256 e. The average molecular weight is 357 g/mol. The van der Waals surface area contributed by atoms with E-state index in [2.05, 4.69) is 5.32 Å². The van der Waals surface area contributed by atoms with Gasteiger partial charge in [-0.2, -0.15) is 0 Å². The van der Waals surface area contributed by atoms with Crippen LogP contribution in [0.5, 0.6) is 5.75 Å². The maximum absolute atomic E-state index is 12.9. The summed E-state index contributed by atoms with van der Waals surface area (Å²) in [6, 6.07) is 20.9. The summed E-state index contributed by atoms with van der Waals surface area (Å²) in [4.78, 5) is 17.7. The van der Waals surface area contributed by atoms with Gasteiger partial charge in [0.15, 0.2) is 0 Å². The highest BCUT2D eigenvalue weighted by Gasteiger charge is 2.18. The number of amides is 1. The van der Waals surface area contributed by atoms with Crippen molar-refractivity contribution in [2.75, 3.05) is 12.4 Å². The first-order valence-electron chi connectivity index (χ1n) is 8.66. The van der Waals surface area contributed by atoms with Crippen molar-refractivity contribution in [3.63, 3.8) is 0 Å². The van der Waals surface area contributed by atoms with Crippen molar-refractivity contribution >= 4 is 17.4 Å². The SMILES string of the molecule is COc1cccc(C(=O)Nc2c(-c3ccccc3)nc3c(C)cccn23)c1. The fraction of sp³-hybridized carbons (Fsp3) is 0.0909. The van der Waals surface area contributed by atoms with E-state index in [0.717, 1.165) is 22.5 Å². The minimum atomic E-state index is -0.214. The predicted octanol–water partition coefficient (Wildman–Crippen LogP) is 4.57. The van der Waals surface area contributed by atoms with E-state index in [-0.39, 0.29) is 5.91 Å². The third kappa shape index (κ3) is 3.15. The van der Waals surface area contributed by atoms with Crippen LogP contribution < -0.4 is 10.1 Å². The van der Waals surface area contributed by atoms with E-state index < -0.39 is 0 Å². The fourth-order valence-corrected chi connectivity index (χ4v) is 3.06. The van der Waals surface area contributed by atoms with Crippen LogP contribution in [0.3, 0.4) is 0 Å². The molecule has 0 bridgehead atoms. The molecule has 0 aliphatic heterocycles. The van der Waals surface area contributed by atoms with Crippen LogP contribution >= 0.6 is 0 Å². The minimum absolute atomic E-state index is 0.214. The standard InChI is InChI=1S/C22H19N3O2/c1-15-8-7-13-25-20(15)23-19(16-9-4-3-5-10-16)21(25)24-22(26)17-11-6-12-18(14-17)27-2/h3-14H,1-2H3,(H,24,26). The number of pyridine rings is 1. The number of fused-ring (bicyclic) bond motifs is 1. The van der Waals surface area contributed by atoms with Crippen molar-refractivity contribution in [3.8, 4) is 17.0 Å². The van der Waals surface area contributed by atoms with Crippen LogP contribution in [0.1, 0.15) is 15.9 Å². The number of hydrogen-bond acceptors (Lipinski definition) is 3. The summed E-state index contributed by atoms with van der Waals surface area (Å²) in [5.41, 5.74) is 4.06. The van der Waals surface area contributed by atoms with Gasteiger partial charge in [-0.15, -0.1) is 0 Å². The molecule has 0 fully saturated rings. The van der Waals surface area contributed by atoms with Crippen molar-refractivity contribution in [3.05, 3.63) is 84.1 Å². The van der Waals surface area contributed by atoms with Gasteiger partial charge in [0.05, 0.1) is 7.11 Å². The molecule has 0 spiro atoms. The molecule has 4 rings (SSSR count). The molecule has 0 aliphatic rings. The number of carbonyl (C=O) groups excluding carboxylic acids is 1. The van der Waals surface area contributed by atoms with Crippen LogP contribution in [0.15, 0.2) is 72.9 Å². The van der Waals surface area contributed by atoms with E-state index in [1.807, 2.05) is 66.1 Å². The van der Waals surface area contributed by atoms with Crippen LogP contribution in [-0.4, -0.2) is 22.4 Å². The highest BCUT2D eigenvalue weighted by atomic mass is 16.5. The van der Waals surface area contributed by atoms with Crippen molar-refractivity contribution in [2.24, 2.45) is 0 Å². The Morgan fingerprint density at radius 2 is 1.85 bits per heavy atom. The lowest BCUT2D eigenvalue weighted by Gasteiger charge is -2.09. The van der Waals surface area contributed by atoms with Gasteiger partial charge < -0.3 is 10.1 Å². The van der Waals surface area contributed by atoms with E-state index in [0.29, 0.717) is 17.1 Å².